The fourth-order valence-electron chi connectivity index (χ4n) is 3.24. The van der Waals surface area contributed by atoms with Gasteiger partial charge in [-0.25, -0.2) is 9.97 Å². The van der Waals surface area contributed by atoms with Gasteiger partial charge in [0.15, 0.2) is 5.82 Å². The summed E-state index contributed by atoms with van der Waals surface area (Å²) >= 11 is 0. The van der Waals surface area contributed by atoms with Crippen LogP contribution in [0, 0.1) is 12.8 Å². The molecule has 1 aliphatic heterocycles. The number of methoxy groups -OCH3 is 1. The van der Waals surface area contributed by atoms with E-state index < -0.39 is 0 Å². The number of aryl methyl sites for hydroxylation is 1. The average molecular weight is 327 g/mol. The highest BCUT2D eigenvalue weighted by Crippen LogP contribution is 2.32. The van der Waals surface area contributed by atoms with Crippen molar-refractivity contribution in [1.82, 2.24) is 9.97 Å². The summed E-state index contributed by atoms with van der Waals surface area (Å²) in [4.78, 5) is 9.03. The highest BCUT2D eigenvalue weighted by molar-refractivity contribution is 5.40. The zero-order valence-corrected chi connectivity index (χ0v) is 14.4. The molecule has 0 spiro atoms. The predicted molar refractivity (Wildman–Crippen MR) is 93.8 cm³/mol. The fraction of sp³-hybridized carbons (Fsp3) is 0.474. The van der Waals surface area contributed by atoms with E-state index in [1.165, 1.54) is 5.56 Å². The van der Waals surface area contributed by atoms with Crippen molar-refractivity contribution in [2.75, 3.05) is 25.6 Å². The monoisotopic (exact) mass is 327 g/mol. The first-order valence-electron chi connectivity index (χ1n) is 8.49. The van der Waals surface area contributed by atoms with Gasteiger partial charge in [-0.1, -0.05) is 30.3 Å². The highest BCUT2D eigenvalue weighted by atomic mass is 16.5. The number of ether oxygens (including phenoxy) is 2. The third kappa shape index (κ3) is 4.30. The molecule has 3 rings (SSSR count). The van der Waals surface area contributed by atoms with Crippen molar-refractivity contribution < 1.29 is 9.47 Å². The predicted octanol–water partition coefficient (Wildman–Crippen LogP) is 3.51. The maximum absolute atomic E-state index is 5.54. The number of nitrogens with one attached hydrogen (secondary N) is 1. The Bertz CT molecular complexity index is 642. The van der Waals surface area contributed by atoms with Crippen LogP contribution < -0.4 is 5.32 Å². The van der Waals surface area contributed by atoms with Crippen LogP contribution in [0.4, 0.5) is 5.82 Å². The molecule has 0 aliphatic carbocycles. The molecule has 1 aromatic heterocycles. The molecular weight excluding hydrogens is 302 g/mol. The van der Waals surface area contributed by atoms with Gasteiger partial charge in [-0.15, -0.1) is 0 Å². The van der Waals surface area contributed by atoms with Crippen LogP contribution in [0.1, 0.15) is 36.0 Å². The number of rotatable bonds is 6. The van der Waals surface area contributed by atoms with E-state index in [0.717, 1.165) is 37.6 Å². The van der Waals surface area contributed by atoms with Gasteiger partial charge in [0.2, 0.25) is 0 Å². The van der Waals surface area contributed by atoms with Crippen LogP contribution in [-0.2, 0) is 16.1 Å². The van der Waals surface area contributed by atoms with Gasteiger partial charge < -0.3 is 14.8 Å². The summed E-state index contributed by atoms with van der Waals surface area (Å²) in [7, 11) is 1.66. The minimum atomic E-state index is 0.222. The van der Waals surface area contributed by atoms with Gasteiger partial charge in [0.25, 0.3) is 0 Å². The normalized spacial score (nSPS) is 16.8. The van der Waals surface area contributed by atoms with Crippen LogP contribution in [-0.4, -0.2) is 30.3 Å². The van der Waals surface area contributed by atoms with E-state index in [4.69, 9.17) is 9.47 Å². The lowest BCUT2D eigenvalue weighted by atomic mass is 9.87. The molecule has 5 nitrogen and oxygen atoms in total. The van der Waals surface area contributed by atoms with Gasteiger partial charge in [-0.2, -0.15) is 0 Å². The third-order valence-electron chi connectivity index (χ3n) is 4.37. The first-order valence-corrected chi connectivity index (χ1v) is 8.49. The zero-order valence-electron chi connectivity index (χ0n) is 14.4. The minimum absolute atomic E-state index is 0.222. The molecule has 0 saturated carbocycles. The van der Waals surface area contributed by atoms with Crippen LogP contribution in [0.2, 0.25) is 0 Å². The number of benzene rings is 1. The molecule has 5 heteroatoms. The highest BCUT2D eigenvalue weighted by Gasteiger charge is 2.26. The average Bonchev–Trinajstić information content (AvgIpc) is 2.61. The second-order valence-electron chi connectivity index (χ2n) is 6.23. The molecule has 1 N–H and O–H groups in total. The molecule has 0 unspecified atom stereocenters. The lowest BCUT2D eigenvalue weighted by Crippen LogP contribution is -2.27. The number of hydrogen-bond acceptors (Lipinski definition) is 5. The maximum atomic E-state index is 5.54. The summed E-state index contributed by atoms with van der Waals surface area (Å²) < 4.78 is 10.7. The molecule has 2 aromatic rings. The van der Waals surface area contributed by atoms with Crippen molar-refractivity contribution in [3.63, 3.8) is 0 Å². The molecule has 128 valence electrons. The molecule has 0 amide bonds. The number of hydrogen-bond donors (Lipinski definition) is 1. The van der Waals surface area contributed by atoms with Gasteiger partial charge in [-0.3, -0.25) is 0 Å². The Hall–Kier alpha value is -1.98. The maximum Gasteiger partial charge on any atom is 0.156 e. The molecule has 2 heterocycles. The molecule has 1 saturated heterocycles. The van der Waals surface area contributed by atoms with Crippen LogP contribution >= 0.6 is 0 Å². The van der Waals surface area contributed by atoms with Crippen molar-refractivity contribution >= 4 is 5.82 Å². The van der Waals surface area contributed by atoms with Crippen LogP contribution in [0.15, 0.2) is 36.4 Å². The lowest BCUT2D eigenvalue weighted by Gasteiger charge is -2.32. The van der Waals surface area contributed by atoms with Gasteiger partial charge in [0.1, 0.15) is 12.4 Å². The quantitative estimate of drug-likeness (QED) is 0.880. The summed E-state index contributed by atoms with van der Waals surface area (Å²) in [5, 5.41) is 3.64. The standard InChI is InChI=1S/C19H25N3O2/c1-14-12-17(21-18(20-14)13-23-2)22-19(15-6-4-3-5-7-15)16-8-10-24-11-9-16/h3-7,12,16,19H,8-11,13H2,1-2H3,(H,20,21,22)/t19-/m1/s1. The van der Waals surface area contributed by atoms with Crippen molar-refractivity contribution in [3.8, 4) is 0 Å². The van der Waals surface area contributed by atoms with Crippen LogP contribution in [0.25, 0.3) is 0 Å². The van der Waals surface area contributed by atoms with Crippen molar-refractivity contribution in [1.29, 1.82) is 0 Å². The second-order valence-corrected chi connectivity index (χ2v) is 6.23. The van der Waals surface area contributed by atoms with Crippen molar-refractivity contribution in [3.05, 3.63) is 53.5 Å². The summed E-state index contributed by atoms with van der Waals surface area (Å²) in [5.41, 5.74) is 2.23. The summed E-state index contributed by atoms with van der Waals surface area (Å²) in [6.07, 6.45) is 2.11. The Kier molecular flexibility index (Phi) is 5.77. The van der Waals surface area contributed by atoms with Crippen LogP contribution in [0.3, 0.4) is 0 Å². The Morgan fingerprint density at radius 1 is 1.21 bits per heavy atom. The fourth-order valence-corrected chi connectivity index (χ4v) is 3.24. The van der Waals surface area contributed by atoms with Crippen molar-refractivity contribution in [2.45, 2.75) is 32.4 Å². The topological polar surface area (TPSA) is 56.3 Å². The van der Waals surface area contributed by atoms with E-state index in [9.17, 15) is 0 Å². The van der Waals surface area contributed by atoms with Gasteiger partial charge >= 0.3 is 0 Å². The molecule has 24 heavy (non-hydrogen) atoms. The summed E-state index contributed by atoms with van der Waals surface area (Å²) in [5.74, 6) is 2.09. The van der Waals surface area contributed by atoms with Crippen molar-refractivity contribution in [2.24, 2.45) is 5.92 Å². The molecule has 1 atom stereocenters. The molecule has 0 radical (unpaired) electrons. The number of nitrogens with zero attached hydrogens (tertiary/aromatic N) is 2. The van der Waals surface area contributed by atoms with E-state index in [1.54, 1.807) is 7.11 Å². The zero-order chi connectivity index (χ0) is 16.8. The molecule has 0 bridgehead atoms. The Balaban J connectivity index is 1.86. The third-order valence-corrected chi connectivity index (χ3v) is 4.37. The smallest absolute Gasteiger partial charge is 0.156 e. The molecule has 1 aromatic carbocycles. The van der Waals surface area contributed by atoms with Gasteiger partial charge in [0, 0.05) is 32.1 Å². The molecular formula is C19H25N3O2. The lowest BCUT2D eigenvalue weighted by molar-refractivity contribution is 0.0604. The minimum Gasteiger partial charge on any atom is -0.381 e. The van der Waals surface area contributed by atoms with E-state index in [0.29, 0.717) is 18.3 Å². The Morgan fingerprint density at radius 3 is 2.67 bits per heavy atom. The van der Waals surface area contributed by atoms with Gasteiger partial charge in [-0.05, 0) is 31.2 Å². The molecule has 1 aliphatic rings. The first kappa shape index (κ1) is 16.9. The largest absolute Gasteiger partial charge is 0.381 e. The SMILES string of the molecule is COCc1nc(C)cc(N[C@H](c2ccccc2)C2CCOCC2)n1. The Labute approximate surface area is 143 Å². The summed E-state index contributed by atoms with van der Waals surface area (Å²) in [6, 6.07) is 12.8. The van der Waals surface area contributed by atoms with Crippen LogP contribution in [0.5, 0.6) is 0 Å². The van der Waals surface area contributed by atoms with E-state index in [-0.39, 0.29) is 6.04 Å². The number of anilines is 1. The second kappa shape index (κ2) is 8.22. The van der Waals surface area contributed by atoms with E-state index >= 15 is 0 Å². The van der Waals surface area contributed by atoms with E-state index in [2.05, 4.69) is 45.6 Å². The molecule has 1 fully saturated rings. The first-order chi connectivity index (χ1) is 11.8. The Morgan fingerprint density at radius 2 is 1.96 bits per heavy atom. The number of aromatic nitrogens is 2. The van der Waals surface area contributed by atoms with Gasteiger partial charge in [0.05, 0.1) is 6.04 Å². The van der Waals surface area contributed by atoms with E-state index in [1.807, 2.05) is 13.0 Å². The summed E-state index contributed by atoms with van der Waals surface area (Å²) in [6.45, 7) is 4.06.